The molecule has 2 aromatic carbocycles. The van der Waals surface area contributed by atoms with Gasteiger partial charge < -0.3 is 9.84 Å². The lowest BCUT2D eigenvalue weighted by Crippen LogP contribution is -2.03. The molecule has 3 rings (SSSR count). The minimum absolute atomic E-state index is 0.487. The number of benzene rings is 2. The predicted molar refractivity (Wildman–Crippen MR) is 80.1 cm³/mol. The highest BCUT2D eigenvalue weighted by Crippen LogP contribution is 2.40. The van der Waals surface area contributed by atoms with Crippen molar-refractivity contribution in [3.63, 3.8) is 0 Å². The third-order valence-electron chi connectivity index (χ3n) is 3.98. The fourth-order valence-electron chi connectivity index (χ4n) is 2.60. The molecule has 0 aliphatic heterocycles. The lowest BCUT2D eigenvalue weighted by molar-refractivity contribution is 0.177. The van der Waals surface area contributed by atoms with Gasteiger partial charge in [0, 0.05) is 6.42 Å². The SMILES string of the molecule is COc1ccccc1CC(O)c1ccc(C2CC2)cc1. The van der Waals surface area contributed by atoms with Crippen molar-refractivity contribution in [2.75, 3.05) is 7.11 Å². The largest absolute Gasteiger partial charge is 0.496 e. The maximum atomic E-state index is 10.4. The van der Waals surface area contributed by atoms with Crippen molar-refractivity contribution in [3.05, 3.63) is 65.2 Å². The zero-order valence-corrected chi connectivity index (χ0v) is 11.8. The van der Waals surface area contributed by atoms with Crippen LogP contribution in [0.3, 0.4) is 0 Å². The highest BCUT2D eigenvalue weighted by Gasteiger charge is 2.23. The number of ether oxygens (including phenoxy) is 1. The predicted octanol–water partition coefficient (Wildman–Crippen LogP) is 3.85. The van der Waals surface area contributed by atoms with E-state index in [4.69, 9.17) is 4.74 Å². The molecule has 1 atom stereocenters. The summed E-state index contributed by atoms with van der Waals surface area (Å²) in [7, 11) is 1.66. The summed E-state index contributed by atoms with van der Waals surface area (Å²) >= 11 is 0. The van der Waals surface area contributed by atoms with Crippen LogP contribution in [0.4, 0.5) is 0 Å². The Morgan fingerprint density at radius 1 is 1.10 bits per heavy atom. The second-order valence-corrected chi connectivity index (χ2v) is 5.47. The molecule has 0 spiro atoms. The first kappa shape index (κ1) is 13.2. The van der Waals surface area contributed by atoms with Crippen molar-refractivity contribution in [3.8, 4) is 5.75 Å². The monoisotopic (exact) mass is 268 g/mol. The van der Waals surface area contributed by atoms with Crippen molar-refractivity contribution in [2.24, 2.45) is 0 Å². The van der Waals surface area contributed by atoms with E-state index in [0.29, 0.717) is 6.42 Å². The third kappa shape index (κ3) is 2.86. The van der Waals surface area contributed by atoms with E-state index in [1.807, 2.05) is 36.4 Å². The highest BCUT2D eigenvalue weighted by molar-refractivity contribution is 5.35. The number of para-hydroxylation sites is 1. The van der Waals surface area contributed by atoms with Gasteiger partial charge in [-0.3, -0.25) is 0 Å². The van der Waals surface area contributed by atoms with Crippen LogP contribution in [0, 0.1) is 0 Å². The fraction of sp³-hybridized carbons (Fsp3) is 0.333. The molecule has 0 heterocycles. The first-order valence-corrected chi connectivity index (χ1v) is 7.17. The van der Waals surface area contributed by atoms with Crippen LogP contribution in [0.15, 0.2) is 48.5 Å². The quantitative estimate of drug-likeness (QED) is 0.892. The average Bonchev–Trinajstić information content (AvgIpc) is 3.32. The molecule has 0 saturated heterocycles. The summed E-state index contributed by atoms with van der Waals surface area (Å²) in [5.74, 6) is 1.59. The normalized spacial score (nSPS) is 15.9. The zero-order valence-electron chi connectivity index (χ0n) is 11.8. The van der Waals surface area contributed by atoms with E-state index in [1.54, 1.807) is 7.11 Å². The van der Waals surface area contributed by atoms with E-state index >= 15 is 0 Å². The van der Waals surface area contributed by atoms with E-state index in [0.717, 1.165) is 22.8 Å². The van der Waals surface area contributed by atoms with Crippen LogP contribution in [0.5, 0.6) is 5.75 Å². The summed E-state index contributed by atoms with van der Waals surface area (Å²) in [5.41, 5.74) is 3.41. The van der Waals surface area contributed by atoms with Crippen molar-refractivity contribution in [2.45, 2.75) is 31.3 Å². The molecule has 20 heavy (non-hydrogen) atoms. The van der Waals surface area contributed by atoms with Crippen LogP contribution >= 0.6 is 0 Å². The Balaban J connectivity index is 1.73. The molecule has 1 aliphatic carbocycles. The highest BCUT2D eigenvalue weighted by atomic mass is 16.5. The molecular formula is C18H20O2. The van der Waals surface area contributed by atoms with Gasteiger partial charge in [-0.1, -0.05) is 42.5 Å². The lowest BCUT2D eigenvalue weighted by atomic mass is 9.99. The summed E-state index contributed by atoms with van der Waals surface area (Å²) < 4.78 is 5.33. The first-order valence-electron chi connectivity index (χ1n) is 7.17. The van der Waals surface area contributed by atoms with Gasteiger partial charge in [-0.05, 0) is 41.5 Å². The lowest BCUT2D eigenvalue weighted by Gasteiger charge is -2.14. The summed E-state index contributed by atoms with van der Waals surface area (Å²) in [6.45, 7) is 0. The van der Waals surface area contributed by atoms with Crippen LogP contribution in [-0.2, 0) is 6.42 Å². The topological polar surface area (TPSA) is 29.5 Å². The van der Waals surface area contributed by atoms with Gasteiger partial charge in [0.2, 0.25) is 0 Å². The standard InChI is InChI=1S/C18H20O2/c1-20-18-5-3-2-4-16(18)12-17(19)15-10-8-14(9-11-15)13-6-7-13/h2-5,8-11,13,17,19H,6-7,12H2,1H3. The van der Waals surface area contributed by atoms with Crippen LogP contribution in [0.1, 0.15) is 41.6 Å². The molecular weight excluding hydrogens is 248 g/mol. The number of methoxy groups -OCH3 is 1. The number of aliphatic hydroxyl groups is 1. The van der Waals surface area contributed by atoms with Crippen molar-refractivity contribution in [1.82, 2.24) is 0 Å². The molecule has 1 fully saturated rings. The zero-order chi connectivity index (χ0) is 13.9. The molecule has 2 nitrogen and oxygen atoms in total. The molecule has 1 N–H and O–H groups in total. The van der Waals surface area contributed by atoms with Gasteiger partial charge in [0.05, 0.1) is 13.2 Å². The fourth-order valence-corrected chi connectivity index (χ4v) is 2.60. The summed E-state index contributed by atoms with van der Waals surface area (Å²) in [6, 6.07) is 16.2. The van der Waals surface area contributed by atoms with E-state index in [-0.39, 0.29) is 0 Å². The maximum absolute atomic E-state index is 10.4. The van der Waals surface area contributed by atoms with Crippen LogP contribution in [0.2, 0.25) is 0 Å². The summed E-state index contributed by atoms with van der Waals surface area (Å²) in [5, 5.41) is 10.4. The van der Waals surface area contributed by atoms with Gasteiger partial charge in [-0.2, -0.15) is 0 Å². The number of hydrogen-bond acceptors (Lipinski definition) is 2. The maximum Gasteiger partial charge on any atom is 0.122 e. The molecule has 1 saturated carbocycles. The van der Waals surface area contributed by atoms with E-state index < -0.39 is 6.10 Å². The average molecular weight is 268 g/mol. The first-order chi connectivity index (χ1) is 9.78. The molecule has 0 radical (unpaired) electrons. The molecule has 2 heteroatoms. The van der Waals surface area contributed by atoms with Gasteiger partial charge >= 0.3 is 0 Å². The molecule has 0 aromatic heterocycles. The second-order valence-electron chi connectivity index (χ2n) is 5.47. The van der Waals surface area contributed by atoms with Crippen LogP contribution in [0.25, 0.3) is 0 Å². The Morgan fingerprint density at radius 2 is 1.80 bits per heavy atom. The molecule has 0 bridgehead atoms. The van der Waals surface area contributed by atoms with Crippen molar-refractivity contribution >= 4 is 0 Å². The molecule has 2 aromatic rings. The number of hydrogen-bond donors (Lipinski definition) is 1. The Morgan fingerprint density at radius 3 is 2.45 bits per heavy atom. The van der Waals surface area contributed by atoms with Gasteiger partial charge in [0.25, 0.3) is 0 Å². The van der Waals surface area contributed by atoms with Gasteiger partial charge in [0.1, 0.15) is 5.75 Å². The molecule has 1 unspecified atom stereocenters. The van der Waals surface area contributed by atoms with E-state index in [1.165, 1.54) is 18.4 Å². The second kappa shape index (κ2) is 5.68. The van der Waals surface area contributed by atoms with Crippen LogP contribution in [-0.4, -0.2) is 12.2 Å². The Hall–Kier alpha value is -1.80. The molecule has 104 valence electrons. The molecule has 1 aliphatic rings. The van der Waals surface area contributed by atoms with Gasteiger partial charge in [-0.15, -0.1) is 0 Å². The summed E-state index contributed by atoms with van der Waals surface area (Å²) in [6.07, 6.45) is 2.71. The number of rotatable bonds is 5. The minimum atomic E-state index is -0.487. The Labute approximate surface area is 120 Å². The Bertz CT molecular complexity index is 570. The van der Waals surface area contributed by atoms with E-state index in [2.05, 4.69) is 12.1 Å². The smallest absolute Gasteiger partial charge is 0.122 e. The summed E-state index contributed by atoms with van der Waals surface area (Å²) in [4.78, 5) is 0. The third-order valence-corrected chi connectivity index (χ3v) is 3.98. The number of aliphatic hydroxyl groups excluding tert-OH is 1. The van der Waals surface area contributed by atoms with Crippen molar-refractivity contribution in [1.29, 1.82) is 0 Å². The van der Waals surface area contributed by atoms with E-state index in [9.17, 15) is 5.11 Å². The Kier molecular flexibility index (Phi) is 3.75. The van der Waals surface area contributed by atoms with Gasteiger partial charge in [0.15, 0.2) is 0 Å². The van der Waals surface area contributed by atoms with Crippen LogP contribution < -0.4 is 4.74 Å². The minimum Gasteiger partial charge on any atom is -0.496 e. The van der Waals surface area contributed by atoms with Crippen molar-refractivity contribution < 1.29 is 9.84 Å². The van der Waals surface area contributed by atoms with Gasteiger partial charge in [-0.25, -0.2) is 0 Å². The molecule has 0 amide bonds.